The molecule has 2 heterocycles. The molecule has 1 aliphatic rings. The third-order valence-corrected chi connectivity index (χ3v) is 4.91. The van der Waals surface area contributed by atoms with Gasteiger partial charge in [0.25, 0.3) is 0 Å². The van der Waals surface area contributed by atoms with E-state index >= 15 is 0 Å². The molecule has 25 heavy (non-hydrogen) atoms. The van der Waals surface area contributed by atoms with Gasteiger partial charge in [-0.25, -0.2) is 9.97 Å². The average Bonchev–Trinajstić information content (AvgIpc) is 2.63. The zero-order valence-electron chi connectivity index (χ0n) is 14.0. The highest BCUT2D eigenvalue weighted by Crippen LogP contribution is 2.34. The van der Waals surface area contributed by atoms with E-state index in [9.17, 15) is 5.11 Å². The summed E-state index contributed by atoms with van der Waals surface area (Å²) in [5, 5.41) is 11.7. The number of likely N-dealkylation sites (N-methyl/N-ethyl adjacent to an activating group) is 1. The summed E-state index contributed by atoms with van der Waals surface area (Å²) in [5.74, 6) is 1.53. The molecule has 0 aliphatic carbocycles. The third kappa shape index (κ3) is 3.01. The van der Waals surface area contributed by atoms with Crippen molar-refractivity contribution in [2.24, 2.45) is 0 Å². The van der Waals surface area contributed by atoms with Crippen molar-refractivity contribution in [3.05, 3.63) is 47.5 Å². The van der Waals surface area contributed by atoms with Gasteiger partial charge < -0.3 is 14.9 Å². The molecule has 1 saturated heterocycles. The summed E-state index contributed by atoms with van der Waals surface area (Å²) in [6.45, 7) is 3.76. The highest BCUT2D eigenvalue weighted by Gasteiger charge is 2.21. The van der Waals surface area contributed by atoms with E-state index in [-0.39, 0.29) is 5.75 Å². The van der Waals surface area contributed by atoms with Crippen LogP contribution in [0.25, 0.3) is 22.3 Å². The van der Waals surface area contributed by atoms with E-state index in [0.29, 0.717) is 21.9 Å². The fourth-order valence-electron chi connectivity index (χ4n) is 3.14. The van der Waals surface area contributed by atoms with Crippen molar-refractivity contribution in [1.82, 2.24) is 14.9 Å². The molecule has 0 bridgehead atoms. The van der Waals surface area contributed by atoms with E-state index in [1.807, 2.05) is 30.3 Å². The number of piperazine rings is 1. The Morgan fingerprint density at radius 1 is 0.960 bits per heavy atom. The Labute approximate surface area is 151 Å². The number of aromatic hydroxyl groups is 1. The van der Waals surface area contributed by atoms with E-state index < -0.39 is 0 Å². The number of hydrogen-bond acceptors (Lipinski definition) is 5. The third-order valence-electron chi connectivity index (χ3n) is 4.60. The number of aromatic nitrogens is 2. The molecular formula is C19H19ClN4O. The number of halogens is 1. The first-order valence-electron chi connectivity index (χ1n) is 8.31. The van der Waals surface area contributed by atoms with Gasteiger partial charge in [0.1, 0.15) is 11.6 Å². The van der Waals surface area contributed by atoms with Gasteiger partial charge in [-0.05, 0) is 31.3 Å². The van der Waals surface area contributed by atoms with Crippen molar-refractivity contribution in [2.75, 3.05) is 38.1 Å². The quantitative estimate of drug-likeness (QED) is 0.764. The minimum absolute atomic E-state index is 0.165. The van der Waals surface area contributed by atoms with Crippen LogP contribution >= 0.6 is 11.6 Å². The van der Waals surface area contributed by atoms with E-state index in [1.165, 1.54) is 0 Å². The number of hydrogen-bond donors (Lipinski definition) is 1. The van der Waals surface area contributed by atoms with Crippen LogP contribution in [0.5, 0.6) is 5.75 Å². The van der Waals surface area contributed by atoms with Gasteiger partial charge in [-0.15, -0.1) is 0 Å². The predicted octanol–water partition coefficient (Wildman–Crippen LogP) is 3.41. The summed E-state index contributed by atoms with van der Waals surface area (Å²) in [6.07, 6.45) is 0. The van der Waals surface area contributed by atoms with Crippen LogP contribution in [0.1, 0.15) is 0 Å². The Balaban J connectivity index is 1.91. The van der Waals surface area contributed by atoms with Gasteiger partial charge in [0, 0.05) is 31.6 Å². The van der Waals surface area contributed by atoms with Crippen molar-refractivity contribution >= 4 is 28.3 Å². The average molecular weight is 355 g/mol. The fourth-order valence-corrected chi connectivity index (χ4v) is 3.36. The van der Waals surface area contributed by atoms with Crippen molar-refractivity contribution in [3.63, 3.8) is 0 Å². The second kappa shape index (κ2) is 6.50. The van der Waals surface area contributed by atoms with Crippen molar-refractivity contribution in [1.29, 1.82) is 0 Å². The summed E-state index contributed by atoms with van der Waals surface area (Å²) in [6, 6.07) is 12.9. The number of fused-ring (bicyclic) bond motifs is 1. The molecule has 0 saturated carbocycles. The lowest BCUT2D eigenvalue weighted by Crippen LogP contribution is -2.45. The maximum absolute atomic E-state index is 10.2. The van der Waals surface area contributed by atoms with Crippen LogP contribution in [0.15, 0.2) is 42.5 Å². The first kappa shape index (κ1) is 16.1. The fraction of sp³-hybridized carbons (Fsp3) is 0.263. The minimum atomic E-state index is 0.165. The molecule has 2 aromatic carbocycles. The van der Waals surface area contributed by atoms with Crippen LogP contribution in [0.3, 0.4) is 0 Å². The Hall–Kier alpha value is -2.37. The molecule has 1 aromatic heterocycles. The van der Waals surface area contributed by atoms with Gasteiger partial charge in [-0.1, -0.05) is 29.8 Å². The van der Waals surface area contributed by atoms with E-state index in [0.717, 1.165) is 37.4 Å². The van der Waals surface area contributed by atoms with Crippen LogP contribution in [0.4, 0.5) is 5.82 Å². The van der Waals surface area contributed by atoms with Gasteiger partial charge in [0.15, 0.2) is 5.82 Å². The zero-order valence-corrected chi connectivity index (χ0v) is 14.7. The highest BCUT2D eigenvalue weighted by molar-refractivity contribution is 6.35. The second-order valence-electron chi connectivity index (χ2n) is 6.31. The van der Waals surface area contributed by atoms with Crippen LogP contribution in [-0.4, -0.2) is 53.2 Å². The van der Waals surface area contributed by atoms with Gasteiger partial charge >= 0.3 is 0 Å². The topological polar surface area (TPSA) is 52.5 Å². The van der Waals surface area contributed by atoms with Gasteiger partial charge in [0.2, 0.25) is 0 Å². The lowest BCUT2D eigenvalue weighted by Gasteiger charge is -2.34. The maximum atomic E-state index is 10.2. The number of phenolic OH excluding ortho intramolecular Hbond substituents is 1. The number of phenols is 1. The van der Waals surface area contributed by atoms with Crippen molar-refractivity contribution in [3.8, 4) is 17.1 Å². The Bertz CT molecular complexity index is 922. The normalized spacial score (nSPS) is 15.7. The Morgan fingerprint density at radius 3 is 2.48 bits per heavy atom. The smallest absolute Gasteiger partial charge is 0.165 e. The second-order valence-corrected chi connectivity index (χ2v) is 6.72. The monoisotopic (exact) mass is 354 g/mol. The van der Waals surface area contributed by atoms with E-state index in [4.69, 9.17) is 16.6 Å². The number of rotatable bonds is 2. The number of nitrogens with zero attached hydrogens (tertiary/aromatic N) is 4. The van der Waals surface area contributed by atoms with Gasteiger partial charge in [-0.3, -0.25) is 0 Å². The molecule has 128 valence electrons. The Kier molecular flexibility index (Phi) is 4.19. The predicted molar refractivity (Wildman–Crippen MR) is 101 cm³/mol. The summed E-state index contributed by atoms with van der Waals surface area (Å²) >= 11 is 6.41. The van der Waals surface area contributed by atoms with Crippen LogP contribution < -0.4 is 4.90 Å². The lowest BCUT2D eigenvalue weighted by molar-refractivity contribution is 0.312. The summed E-state index contributed by atoms with van der Waals surface area (Å²) in [5.41, 5.74) is 1.33. The molecule has 3 aromatic rings. The molecule has 0 unspecified atom stereocenters. The van der Waals surface area contributed by atoms with E-state index in [1.54, 1.807) is 12.1 Å². The van der Waals surface area contributed by atoms with Gasteiger partial charge in [0.05, 0.1) is 16.1 Å². The van der Waals surface area contributed by atoms with Crippen LogP contribution in [0, 0.1) is 0 Å². The molecule has 1 fully saturated rings. The first-order chi connectivity index (χ1) is 12.1. The zero-order chi connectivity index (χ0) is 17.4. The summed E-state index contributed by atoms with van der Waals surface area (Å²) in [7, 11) is 2.12. The van der Waals surface area contributed by atoms with Crippen LogP contribution in [0.2, 0.25) is 5.02 Å². The number of para-hydroxylation sites is 2. The number of benzene rings is 2. The largest absolute Gasteiger partial charge is 0.507 e. The number of anilines is 1. The van der Waals surface area contributed by atoms with Crippen molar-refractivity contribution < 1.29 is 5.11 Å². The SMILES string of the molecule is CN1CCN(c2nc(-c3ccccc3O)nc3c(Cl)cccc23)CC1. The first-order valence-corrected chi connectivity index (χ1v) is 8.69. The molecule has 1 aliphatic heterocycles. The maximum Gasteiger partial charge on any atom is 0.165 e. The highest BCUT2D eigenvalue weighted by atomic mass is 35.5. The van der Waals surface area contributed by atoms with Crippen LogP contribution in [-0.2, 0) is 0 Å². The van der Waals surface area contributed by atoms with E-state index in [2.05, 4.69) is 21.8 Å². The molecule has 0 atom stereocenters. The molecule has 0 spiro atoms. The minimum Gasteiger partial charge on any atom is -0.507 e. The lowest BCUT2D eigenvalue weighted by atomic mass is 10.1. The summed E-state index contributed by atoms with van der Waals surface area (Å²) < 4.78 is 0. The molecule has 0 amide bonds. The Morgan fingerprint density at radius 2 is 1.72 bits per heavy atom. The van der Waals surface area contributed by atoms with Crippen molar-refractivity contribution in [2.45, 2.75) is 0 Å². The molecule has 5 nitrogen and oxygen atoms in total. The molecular weight excluding hydrogens is 336 g/mol. The molecule has 1 N–H and O–H groups in total. The standard InChI is InChI=1S/C19H19ClN4O/c1-23-9-11-24(12-10-23)19-14-6-4-7-15(20)17(14)21-18(22-19)13-5-2-3-8-16(13)25/h2-8,25H,9-12H2,1H3. The molecule has 6 heteroatoms. The molecule has 4 rings (SSSR count). The molecule has 0 radical (unpaired) electrons. The summed E-state index contributed by atoms with van der Waals surface area (Å²) in [4.78, 5) is 14.0. The van der Waals surface area contributed by atoms with Gasteiger partial charge in [-0.2, -0.15) is 0 Å².